The van der Waals surface area contributed by atoms with E-state index < -0.39 is 6.10 Å². The molecule has 0 saturated carbocycles. The van der Waals surface area contributed by atoms with Gasteiger partial charge in [0.05, 0.1) is 6.10 Å². The van der Waals surface area contributed by atoms with E-state index in [1.54, 1.807) is 0 Å². The average Bonchev–Trinajstić information content (AvgIpc) is 3.08. The molecule has 0 bridgehead atoms. The Morgan fingerprint density at radius 1 is 1.14 bits per heavy atom. The largest absolute Gasteiger partial charge is 0.387 e. The second kappa shape index (κ2) is 6.47. The molecule has 0 radical (unpaired) electrons. The van der Waals surface area contributed by atoms with Crippen molar-refractivity contribution < 1.29 is 5.11 Å². The number of aliphatic hydroxyl groups is 1. The fraction of sp³-hybridized carbons (Fsp3) is 0.667. The third-order valence-electron chi connectivity index (χ3n) is 5.17. The van der Waals surface area contributed by atoms with Gasteiger partial charge in [-0.2, -0.15) is 0 Å². The van der Waals surface area contributed by atoms with Crippen LogP contribution in [0.2, 0.25) is 0 Å². The first-order valence-corrected chi connectivity index (χ1v) is 8.40. The van der Waals surface area contributed by atoms with Gasteiger partial charge >= 0.3 is 0 Å². The molecule has 2 saturated heterocycles. The number of hydrogen-bond donors (Lipinski definition) is 2. The van der Waals surface area contributed by atoms with Crippen molar-refractivity contribution in [3.05, 3.63) is 35.4 Å². The van der Waals surface area contributed by atoms with Crippen LogP contribution in [0.1, 0.15) is 56.3 Å². The highest BCUT2D eigenvalue weighted by molar-refractivity contribution is 5.26. The average molecular weight is 288 g/mol. The second-order valence-electron chi connectivity index (χ2n) is 6.89. The molecule has 2 aliphatic heterocycles. The van der Waals surface area contributed by atoms with E-state index in [1.807, 2.05) is 0 Å². The zero-order valence-corrected chi connectivity index (χ0v) is 13.3. The maximum absolute atomic E-state index is 10.4. The Morgan fingerprint density at radius 2 is 1.86 bits per heavy atom. The summed E-state index contributed by atoms with van der Waals surface area (Å²) < 4.78 is 0. The summed E-state index contributed by atoms with van der Waals surface area (Å²) >= 11 is 0. The van der Waals surface area contributed by atoms with E-state index in [4.69, 9.17) is 0 Å². The molecule has 2 heterocycles. The van der Waals surface area contributed by atoms with Gasteiger partial charge < -0.3 is 10.4 Å². The first-order chi connectivity index (χ1) is 10.1. The van der Waals surface area contributed by atoms with Crippen molar-refractivity contribution in [2.45, 2.75) is 57.2 Å². The van der Waals surface area contributed by atoms with E-state index in [1.165, 1.54) is 37.9 Å². The zero-order chi connectivity index (χ0) is 14.8. The van der Waals surface area contributed by atoms with Crippen LogP contribution in [0.3, 0.4) is 0 Å². The van der Waals surface area contributed by atoms with Crippen molar-refractivity contribution in [3.63, 3.8) is 0 Å². The maximum atomic E-state index is 10.4. The molecule has 21 heavy (non-hydrogen) atoms. The Bertz CT molecular complexity index is 457. The Labute approximate surface area is 128 Å². The molecule has 0 aliphatic carbocycles. The van der Waals surface area contributed by atoms with Crippen LogP contribution in [0.15, 0.2) is 24.3 Å². The van der Waals surface area contributed by atoms with Gasteiger partial charge in [0.2, 0.25) is 0 Å². The molecule has 116 valence electrons. The number of hydrogen-bond acceptors (Lipinski definition) is 3. The highest BCUT2D eigenvalue weighted by atomic mass is 16.3. The summed E-state index contributed by atoms with van der Waals surface area (Å²) in [4.78, 5) is 2.60. The lowest BCUT2D eigenvalue weighted by molar-refractivity contribution is 0.166. The minimum Gasteiger partial charge on any atom is -0.387 e. The number of nitrogens with one attached hydrogen (secondary N) is 1. The van der Waals surface area contributed by atoms with Crippen LogP contribution in [-0.4, -0.2) is 41.7 Å². The summed E-state index contributed by atoms with van der Waals surface area (Å²) in [7, 11) is 0. The van der Waals surface area contributed by atoms with Gasteiger partial charge in [-0.3, -0.25) is 4.90 Å². The standard InChI is InChI=1S/C18H28N2O/c1-13(2)14-5-7-15(8-6-14)18(21)12-19-16-9-11-20-10-3-4-17(16)20/h5-8,13,16-19,21H,3-4,9-12H2,1-2H3. The van der Waals surface area contributed by atoms with Gasteiger partial charge in [0, 0.05) is 25.2 Å². The highest BCUT2D eigenvalue weighted by Gasteiger charge is 2.36. The minimum atomic E-state index is -0.401. The van der Waals surface area contributed by atoms with Crippen molar-refractivity contribution in [2.24, 2.45) is 0 Å². The molecule has 3 atom stereocenters. The molecule has 3 nitrogen and oxygen atoms in total. The number of fused-ring (bicyclic) bond motifs is 1. The van der Waals surface area contributed by atoms with E-state index in [0.717, 1.165) is 5.56 Å². The van der Waals surface area contributed by atoms with Crippen LogP contribution in [0.5, 0.6) is 0 Å². The Hall–Kier alpha value is -0.900. The van der Waals surface area contributed by atoms with E-state index in [0.29, 0.717) is 24.5 Å². The molecule has 3 rings (SSSR count). The molecular formula is C18H28N2O. The Morgan fingerprint density at radius 3 is 2.57 bits per heavy atom. The maximum Gasteiger partial charge on any atom is 0.0914 e. The SMILES string of the molecule is CC(C)c1ccc(C(O)CNC2CCN3CCCC23)cc1. The van der Waals surface area contributed by atoms with E-state index >= 15 is 0 Å². The molecule has 0 aromatic heterocycles. The summed E-state index contributed by atoms with van der Waals surface area (Å²) in [5, 5.41) is 14.0. The quantitative estimate of drug-likeness (QED) is 0.874. The predicted octanol–water partition coefficient (Wildman–Crippen LogP) is 2.67. The summed E-state index contributed by atoms with van der Waals surface area (Å²) in [6.45, 7) is 7.54. The van der Waals surface area contributed by atoms with Gasteiger partial charge in [0.15, 0.2) is 0 Å². The third-order valence-corrected chi connectivity index (χ3v) is 5.17. The van der Waals surface area contributed by atoms with Crippen LogP contribution in [-0.2, 0) is 0 Å². The minimum absolute atomic E-state index is 0.401. The van der Waals surface area contributed by atoms with Gasteiger partial charge in [-0.25, -0.2) is 0 Å². The highest BCUT2D eigenvalue weighted by Crippen LogP contribution is 2.28. The molecule has 3 unspecified atom stereocenters. The molecule has 1 aromatic rings. The number of aliphatic hydroxyl groups excluding tert-OH is 1. The molecule has 2 aliphatic rings. The lowest BCUT2D eigenvalue weighted by atomic mass is 9.99. The van der Waals surface area contributed by atoms with Crippen molar-refractivity contribution >= 4 is 0 Å². The summed E-state index contributed by atoms with van der Waals surface area (Å²) in [5.74, 6) is 0.543. The van der Waals surface area contributed by atoms with Crippen molar-refractivity contribution in [3.8, 4) is 0 Å². The van der Waals surface area contributed by atoms with E-state index in [9.17, 15) is 5.11 Å². The Kier molecular flexibility index (Phi) is 4.63. The van der Waals surface area contributed by atoms with E-state index in [2.05, 4.69) is 48.3 Å². The molecule has 0 spiro atoms. The number of nitrogens with zero attached hydrogens (tertiary/aromatic N) is 1. The zero-order valence-electron chi connectivity index (χ0n) is 13.3. The molecule has 3 heteroatoms. The first-order valence-electron chi connectivity index (χ1n) is 8.40. The molecule has 2 N–H and O–H groups in total. The molecular weight excluding hydrogens is 260 g/mol. The molecule has 2 fully saturated rings. The smallest absolute Gasteiger partial charge is 0.0914 e. The summed E-state index contributed by atoms with van der Waals surface area (Å²) in [6.07, 6.45) is 3.48. The lowest BCUT2D eigenvalue weighted by Gasteiger charge is -2.23. The fourth-order valence-electron chi connectivity index (χ4n) is 3.80. The molecule has 0 amide bonds. The van der Waals surface area contributed by atoms with Gasteiger partial charge in [-0.15, -0.1) is 0 Å². The lowest BCUT2D eigenvalue weighted by Crippen LogP contribution is -2.40. The number of rotatable bonds is 5. The van der Waals surface area contributed by atoms with Gasteiger partial charge in [-0.05, 0) is 42.9 Å². The van der Waals surface area contributed by atoms with Crippen molar-refractivity contribution in [1.29, 1.82) is 0 Å². The second-order valence-corrected chi connectivity index (χ2v) is 6.89. The van der Waals surface area contributed by atoms with Crippen LogP contribution in [0.4, 0.5) is 0 Å². The Balaban J connectivity index is 1.53. The van der Waals surface area contributed by atoms with Crippen LogP contribution < -0.4 is 5.32 Å². The topological polar surface area (TPSA) is 35.5 Å². The van der Waals surface area contributed by atoms with Gasteiger partial charge in [0.25, 0.3) is 0 Å². The fourth-order valence-corrected chi connectivity index (χ4v) is 3.80. The van der Waals surface area contributed by atoms with Crippen molar-refractivity contribution in [1.82, 2.24) is 10.2 Å². The van der Waals surface area contributed by atoms with Gasteiger partial charge in [0.1, 0.15) is 0 Å². The monoisotopic (exact) mass is 288 g/mol. The predicted molar refractivity (Wildman–Crippen MR) is 86.5 cm³/mol. The number of benzene rings is 1. The van der Waals surface area contributed by atoms with Crippen molar-refractivity contribution in [2.75, 3.05) is 19.6 Å². The summed E-state index contributed by atoms with van der Waals surface area (Å²) in [5.41, 5.74) is 2.35. The van der Waals surface area contributed by atoms with Gasteiger partial charge in [-0.1, -0.05) is 38.1 Å². The van der Waals surface area contributed by atoms with Crippen LogP contribution in [0.25, 0.3) is 0 Å². The first kappa shape index (κ1) is 15.0. The van der Waals surface area contributed by atoms with Crippen LogP contribution in [0, 0.1) is 0 Å². The van der Waals surface area contributed by atoms with E-state index in [-0.39, 0.29) is 0 Å². The van der Waals surface area contributed by atoms with Crippen LogP contribution >= 0.6 is 0 Å². The molecule has 1 aromatic carbocycles. The normalized spacial score (nSPS) is 27.2. The third kappa shape index (κ3) is 3.31. The summed E-state index contributed by atoms with van der Waals surface area (Å²) in [6, 6.07) is 9.68.